The average molecular weight is 609 g/mol. The summed E-state index contributed by atoms with van der Waals surface area (Å²) >= 11 is 0. The van der Waals surface area contributed by atoms with E-state index in [0.29, 0.717) is 16.6 Å². The fraction of sp³-hybridized carbons (Fsp3) is 0.200. The van der Waals surface area contributed by atoms with Crippen molar-refractivity contribution in [1.82, 2.24) is 0 Å². The van der Waals surface area contributed by atoms with Crippen molar-refractivity contribution in [3.05, 3.63) is 132 Å². The molecule has 0 aliphatic carbocycles. The molecule has 0 N–H and O–H groups in total. The second kappa shape index (κ2) is 11.8. The zero-order chi connectivity index (χ0) is 32.0. The Morgan fingerprint density at radius 2 is 0.783 bits per heavy atom. The minimum atomic E-state index is -1.98. The summed E-state index contributed by atoms with van der Waals surface area (Å²) in [5, 5.41) is 12.0. The van der Waals surface area contributed by atoms with Gasteiger partial charge in [0.05, 0.1) is 0 Å². The molecular weight excluding hydrogens is 569 g/mol. The first kappa shape index (κ1) is 29.9. The average Bonchev–Trinajstić information content (AvgIpc) is 3.05. The van der Waals surface area contributed by atoms with Crippen LogP contribution in [0.4, 0.5) is 0 Å². The van der Waals surface area contributed by atoms with Crippen LogP contribution in [0.3, 0.4) is 0 Å². The van der Waals surface area contributed by atoms with Crippen LogP contribution < -0.4 is 0 Å². The third-order valence-electron chi connectivity index (χ3n) is 10.2. The Bertz CT molecular complexity index is 2290. The zero-order valence-corrected chi connectivity index (χ0v) is 28.7. The summed E-state index contributed by atoms with van der Waals surface area (Å²) in [6.45, 7) is 14.4. The quantitative estimate of drug-likeness (QED) is 0.106. The lowest BCUT2D eigenvalue weighted by atomic mass is 9.88. The molecule has 0 atom stereocenters. The Morgan fingerprint density at radius 3 is 1.24 bits per heavy atom. The van der Waals surface area contributed by atoms with Crippen molar-refractivity contribution in [2.45, 2.75) is 58.2 Å². The Morgan fingerprint density at radius 1 is 0.391 bits per heavy atom. The summed E-state index contributed by atoms with van der Waals surface area (Å²) in [5.41, 5.74) is 9.01. The highest BCUT2D eigenvalue weighted by atomic mass is 28.3. The van der Waals surface area contributed by atoms with Crippen LogP contribution in [0.25, 0.3) is 53.9 Å². The molecule has 0 fully saturated rings. The van der Waals surface area contributed by atoms with E-state index in [4.69, 9.17) is 0 Å². The zero-order valence-electron chi connectivity index (χ0n) is 27.7. The van der Waals surface area contributed by atoms with Gasteiger partial charge in [-0.2, -0.15) is 0 Å². The summed E-state index contributed by atoms with van der Waals surface area (Å²) in [4.78, 5) is 0. The predicted octanol–water partition coefficient (Wildman–Crippen LogP) is 12.4. The summed E-state index contributed by atoms with van der Waals surface area (Å²) in [5.74, 6) is 11.3. The fourth-order valence-electron chi connectivity index (χ4n) is 7.94. The minimum absolute atomic E-state index is 0.560. The van der Waals surface area contributed by atoms with Crippen LogP contribution in [-0.4, -0.2) is 8.07 Å². The predicted molar refractivity (Wildman–Crippen MR) is 204 cm³/mol. The smallest absolute Gasteiger partial charge is 0.125 e. The van der Waals surface area contributed by atoms with E-state index in [1.807, 2.05) is 0 Å². The molecule has 7 aromatic carbocycles. The molecule has 0 aliphatic rings. The van der Waals surface area contributed by atoms with E-state index in [1.54, 1.807) is 0 Å². The van der Waals surface area contributed by atoms with Gasteiger partial charge in [0.15, 0.2) is 0 Å². The molecule has 0 saturated heterocycles. The lowest BCUT2D eigenvalue weighted by molar-refractivity contribution is 0.838. The molecule has 0 radical (unpaired) electrons. The van der Waals surface area contributed by atoms with Crippen LogP contribution in [0.1, 0.15) is 58.2 Å². The fourth-order valence-corrected chi connectivity index (χ4v) is 13.1. The molecule has 0 heterocycles. The molecule has 224 valence electrons. The monoisotopic (exact) mass is 608 g/mol. The van der Waals surface area contributed by atoms with Gasteiger partial charge in [0.25, 0.3) is 0 Å². The maximum atomic E-state index is 4.08. The van der Waals surface area contributed by atoms with Gasteiger partial charge in [-0.1, -0.05) is 144 Å². The standard InChI is InChI=1S/C45H40Si/c1-30(2)46(31(3)4,32(5)6)25-24-41-44-28-37-17-9-7-15-35(37)26-42(44)40(43-27-36-16-8-10-18-38(36)29-45(41)43)23-22-34-20-13-19-33-14-11-12-21-39(33)34/h7-21,26-32H,1-6H3. The van der Waals surface area contributed by atoms with Crippen molar-refractivity contribution in [1.29, 1.82) is 0 Å². The van der Waals surface area contributed by atoms with Crippen molar-refractivity contribution >= 4 is 61.9 Å². The van der Waals surface area contributed by atoms with E-state index in [-0.39, 0.29) is 0 Å². The van der Waals surface area contributed by atoms with Crippen LogP contribution in [-0.2, 0) is 0 Å². The van der Waals surface area contributed by atoms with Crippen molar-refractivity contribution in [3.63, 3.8) is 0 Å². The van der Waals surface area contributed by atoms with Crippen LogP contribution >= 0.6 is 0 Å². The van der Waals surface area contributed by atoms with Crippen molar-refractivity contribution in [2.75, 3.05) is 0 Å². The molecule has 0 amide bonds. The van der Waals surface area contributed by atoms with E-state index in [9.17, 15) is 0 Å². The molecule has 1 heteroatoms. The number of hydrogen-bond donors (Lipinski definition) is 0. The van der Waals surface area contributed by atoms with Gasteiger partial charge in [0, 0.05) is 16.7 Å². The van der Waals surface area contributed by atoms with Crippen LogP contribution in [0.2, 0.25) is 16.6 Å². The maximum absolute atomic E-state index is 4.08. The van der Waals surface area contributed by atoms with Crippen molar-refractivity contribution in [2.24, 2.45) is 0 Å². The third kappa shape index (κ3) is 4.97. The topological polar surface area (TPSA) is 0 Å². The van der Waals surface area contributed by atoms with Gasteiger partial charge in [0.2, 0.25) is 0 Å². The highest BCUT2D eigenvalue weighted by Gasteiger charge is 2.41. The van der Waals surface area contributed by atoms with E-state index in [2.05, 4.69) is 180 Å². The van der Waals surface area contributed by atoms with Crippen molar-refractivity contribution in [3.8, 4) is 23.3 Å². The molecule has 0 nitrogen and oxygen atoms in total. The molecule has 0 aliphatic heterocycles. The molecule has 0 saturated carbocycles. The third-order valence-corrected chi connectivity index (χ3v) is 16.5. The van der Waals surface area contributed by atoms with Gasteiger partial charge in [-0.05, 0) is 101 Å². The van der Waals surface area contributed by atoms with Gasteiger partial charge in [-0.15, -0.1) is 5.54 Å². The Hall–Kier alpha value is -4.82. The van der Waals surface area contributed by atoms with Crippen LogP contribution in [0, 0.1) is 23.3 Å². The second-order valence-electron chi connectivity index (χ2n) is 13.7. The van der Waals surface area contributed by atoms with Crippen molar-refractivity contribution < 1.29 is 0 Å². The minimum Gasteiger partial charge on any atom is -0.125 e. The van der Waals surface area contributed by atoms with Gasteiger partial charge < -0.3 is 0 Å². The van der Waals surface area contributed by atoms with Gasteiger partial charge in [-0.25, -0.2) is 0 Å². The highest BCUT2D eigenvalue weighted by Crippen LogP contribution is 2.42. The van der Waals surface area contributed by atoms with Crippen LogP contribution in [0.15, 0.2) is 115 Å². The molecule has 0 bridgehead atoms. The number of hydrogen-bond acceptors (Lipinski definition) is 0. The number of benzene rings is 7. The maximum Gasteiger partial charge on any atom is 0.146 e. The summed E-state index contributed by atoms with van der Waals surface area (Å²) < 4.78 is 0. The lowest BCUT2D eigenvalue weighted by Gasteiger charge is -2.38. The molecule has 7 aromatic rings. The van der Waals surface area contributed by atoms with E-state index in [0.717, 1.165) is 16.7 Å². The number of fused-ring (bicyclic) bond motifs is 5. The summed E-state index contributed by atoms with van der Waals surface area (Å²) in [6, 6.07) is 41.7. The molecule has 46 heavy (non-hydrogen) atoms. The Labute approximate surface area is 274 Å². The highest BCUT2D eigenvalue weighted by molar-refractivity contribution is 6.90. The summed E-state index contributed by atoms with van der Waals surface area (Å²) in [7, 11) is -1.98. The molecule has 7 rings (SSSR count). The van der Waals surface area contributed by atoms with E-state index in [1.165, 1.54) is 53.9 Å². The molecule has 0 unspecified atom stereocenters. The van der Waals surface area contributed by atoms with Crippen LogP contribution in [0.5, 0.6) is 0 Å². The normalized spacial score (nSPS) is 11.9. The van der Waals surface area contributed by atoms with Gasteiger partial charge >= 0.3 is 0 Å². The van der Waals surface area contributed by atoms with Gasteiger partial charge in [-0.3, -0.25) is 0 Å². The number of rotatable bonds is 3. The molecular formula is C45H40Si. The molecule has 0 aromatic heterocycles. The first-order valence-corrected chi connectivity index (χ1v) is 18.8. The second-order valence-corrected chi connectivity index (χ2v) is 19.2. The van der Waals surface area contributed by atoms with E-state index < -0.39 is 8.07 Å². The first-order valence-electron chi connectivity index (χ1n) is 16.6. The van der Waals surface area contributed by atoms with Gasteiger partial charge in [0.1, 0.15) is 8.07 Å². The Kier molecular flexibility index (Phi) is 7.68. The molecule has 0 spiro atoms. The lowest BCUT2D eigenvalue weighted by Crippen LogP contribution is -2.43. The summed E-state index contributed by atoms with van der Waals surface area (Å²) in [6.07, 6.45) is 0. The SMILES string of the molecule is CC(C)[Si](C#Cc1c2cc3ccccc3cc2c(C#Cc2cccc3ccccc23)c2cc3ccccc3cc12)(C(C)C)C(C)C. The van der Waals surface area contributed by atoms with E-state index >= 15 is 0 Å². The largest absolute Gasteiger partial charge is 0.146 e. The first-order chi connectivity index (χ1) is 22.3. The Balaban J connectivity index is 1.64.